The fourth-order valence-electron chi connectivity index (χ4n) is 9.01. The Hall–Kier alpha value is -6.58. The Kier molecular flexibility index (Phi) is 6.01. The molecule has 0 saturated carbocycles. The molecule has 0 bridgehead atoms. The van der Waals surface area contributed by atoms with Crippen LogP contribution in [-0.2, 0) is 5.41 Å². The molecule has 0 N–H and O–H groups in total. The van der Waals surface area contributed by atoms with E-state index in [0.717, 1.165) is 27.7 Å². The Morgan fingerprint density at radius 3 is 1.96 bits per heavy atom. The second-order valence-electron chi connectivity index (χ2n) is 14.6. The van der Waals surface area contributed by atoms with Gasteiger partial charge in [0.25, 0.3) is 0 Å². The molecule has 10 aromatic rings. The van der Waals surface area contributed by atoms with Crippen molar-refractivity contribution in [2.75, 3.05) is 0 Å². The Morgan fingerprint density at radius 1 is 0.500 bits per heavy atom. The predicted molar refractivity (Wildman–Crippen MR) is 217 cm³/mol. The molecule has 0 saturated heterocycles. The highest BCUT2D eigenvalue weighted by Crippen LogP contribution is 2.56. The largest absolute Gasteiger partial charge is 0.277 e. The van der Waals surface area contributed by atoms with Crippen molar-refractivity contribution in [3.63, 3.8) is 0 Å². The van der Waals surface area contributed by atoms with Crippen LogP contribution in [0.4, 0.5) is 0 Å². The highest BCUT2D eigenvalue weighted by Gasteiger charge is 2.40. The second-order valence-corrected chi connectivity index (χ2v) is 14.6. The zero-order chi connectivity index (χ0) is 34.6. The van der Waals surface area contributed by atoms with Gasteiger partial charge in [-0.1, -0.05) is 153 Å². The van der Waals surface area contributed by atoms with Crippen LogP contribution < -0.4 is 0 Å². The zero-order valence-electron chi connectivity index (χ0n) is 28.9. The van der Waals surface area contributed by atoms with E-state index in [0.29, 0.717) is 5.95 Å². The standard InChI is InChI=1S/C49H33N3/c1-49(2)40-21-11-8-18-37(40)44-45(49)36-17-7-6-16-35(36)43-39-20-10-13-23-42(39)52(47(43)44)48-50-41-22-12-9-19-38(41)46(51-48)34-27-26-32-28-31(24-25-33(32)29-34)30-14-4-3-5-15-30/h3-29H,1-2H3. The lowest BCUT2D eigenvalue weighted by Crippen LogP contribution is -2.15. The Balaban J connectivity index is 1.23. The number of para-hydroxylation sites is 2. The molecule has 0 amide bonds. The van der Waals surface area contributed by atoms with Crippen molar-refractivity contribution in [3.05, 3.63) is 175 Å². The van der Waals surface area contributed by atoms with Crippen molar-refractivity contribution in [1.82, 2.24) is 14.5 Å². The van der Waals surface area contributed by atoms with Crippen LogP contribution >= 0.6 is 0 Å². The molecule has 244 valence electrons. The number of hydrogen-bond donors (Lipinski definition) is 0. The van der Waals surface area contributed by atoms with Crippen molar-refractivity contribution in [2.24, 2.45) is 0 Å². The van der Waals surface area contributed by atoms with Crippen LogP contribution in [0.2, 0.25) is 0 Å². The van der Waals surface area contributed by atoms with Gasteiger partial charge >= 0.3 is 0 Å². The van der Waals surface area contributed by atoms with Gasteiger partial charge in [0.15, 0.2) is 0 Å². The molecule has 1 aliphatic carbocycles. The molecule has 0 fully saturated rings. The van der Waals surface area contributed by atoms with E-state index < -0.39 is 0 Å². The average Bonchev–Trinajstić information content (AvgIpc) is 3.67. The van der Waals surface area contributed by atoms with Crippen LogP contribution in [0.5, 0.6) is 0 Å². The minimum absolute atomic E-state index is 0.179. The third-order valence-electron chi connectivity index (χ3n) is 11.3. The van der Waals surface area contributed by atoms with Crippen molar-refractivity contribution < 1.29 is 0 Å². The van der Waals surface area contributed by atoms with E-state index in [2.05, 4.69) is 182 Å². The molecule has 2 aromatic heterocycles. The van der Waals surface area contributed by atoms with Gasteiger partial charge in [0.2, 0.25) is 5.95 Å². The van der Waals surface area contributed by atoms with Gasteiger partial charge in [-0.2, -0.15) is 0 Å². The summed E-state index contributed by atoms with van der Waals surface area (Å²) in [6.07, 6.45) is 0. The van der Waals surface area contributed by atoms with E-state index in [-0.39, 0.29) is 5.41 Å². The van der Waals surface area contributed by atoms with Crippen LogP contribution in [0, 0.1) is 0 Å². The first kappa shape index (κ1) is 29.2. The third-order valence-corrected chi connectivity index (χ3v) is 11.3. The van der Waals surface area contributed by atoms with E-state index >= 15 is 0 Å². The smallest absolute Gasteiger partial charge is 0.235 e. The van der Waals surface area contributed by atoms with Crippen LogP contribution in [0.15, 0.2) is 164 Å². The number of rotatable bonds is 3. The normalized spacial score (nSPS) is 13.3. The third kappa shape index (κ3) is 4.02. The SMILES string of the molecule is CC1(C)c2ccccc2-c2c1c1ccccc1c1c3ccccc3n(-c3nc(-c4ccc5cc(-c6ccccc6)ccc5c4)c4ccccc4n3)c21. The first-order valence-corrected chi connectivity index (χ1v) is 18.0. The number of aromatic nitrogens is 3. The Labute approximate surface area is 301 Å². The molecule has 0 spiro atoms. The molecular formula is C49H33N3. The monoisotopic (exact) mass is 663 g/mol. The number of nitrogens with zero attached hydrogens (tertiary/aromatic N) is 3. The molecule has 2 heterocycles. The lowest BCUT2D eigenvalue weighted by Gasteiger charge is -2.23. The summed E-state index contributed by atoms with van der Waals surface area (Å²) in [4.78, 5) is 10.9. The van der Waals surface area contributed by atoms with E-state index in [1.54, 1.807) is 0 Å². The molecule has 3 nitrogen and oxygen atoms in total. The topological polar surface area (TPSA) is 30.7 Å². The number of hydrogen-bond acceptors (Lipinski definition) is 2. The average molecular weight is 664 g/mol. The van der Waals surface area contributed by atoms with Crippen molar-refractivity contribution in [1.29, 1.82) is 0 Å². The molecule has 11 rings (SSSR count). The van der Waals surface area contributed by atoms with Crippen molar-refractivity contribution >= 4 is 54.3 Å². The quantitative estimate of drug-likeness (QED) is 0.188. The molecule has 0 unspecified atom stereocenters. The van der Waals surface area contributed by atoms with Gasteiger partial charge in [0.1, 0.15) is 0 Å². The highest BCUT2D eigenvalue weighted by atomic mass is 15.2. The molecule has 52 heavy (non-hydrogen) atoms. The van der Waals surface area contributed by atoms with Gasteiger partial charge in [-0.25, -0.2) is 9.97 Å². The molecular weight excluding hydrogens is 631 g/mol. The maximum Gasteiger partial charge on any atom is 0.235 e. The lowest BCUT2D eigenvalue weighted by atomic mass is 9.79. The van der Waals surface area contributed by atoms with Gasteiger partial charge in [-0.05, 0) is 73.6 Å². The van der Waals surface area contributed by atoms with Crippen LogP contribution in [0.25, 0.3) is 93.7 Å². The first-order chi connectivity index (χ1) is 25.6. The molecule has 8 aromatic carbocycles. The van der Waals surface area contributed by atoms with Crippen molar-refractivity contribution in [2.45, 2.75) is 19.3 Å². The summed E-state index contributed by atoms with van der Waals surface area (Å²) in [7, 11) is 0. The maximum atomic E-state index is 5.54. The number of benzene rings is 8. The molecule has 1 aliphatic rings. The van der Waals surface area contributed by atoms with E-state index in [1.807, 2.05) is 0 Å². The molecule has 0 radical (unpaired) electrons. The summed E-state index contributed by atoms with van der Waals surface area (Å²) in [6.45, 7) is 4.74. The van der Waals surface area contributed by atoms with E-state index in [1.165, 1.54) is 71.2 Å². The number of fused-ring (bicyclic) bond motifs is 12. The minimum Gasteiger partial charge on any atom is -0.277 e. The summed E-state index contributed by atoms with van der Waals surface area (Å²) >= 11 is 0. The highest BCUT2D eigenvalue weighted by molar-refractivity contribution is 6.27. The summed E-state index contributed by atoms with van der Waals surface area (Å²) < 4.78 is 2.34. The lowest BCUT2D eigenvalue weighted by molar-refractivity contribution is 0.666. The van der Waals surface area contributed by atoms with Gasteiger partial charge in [0.05, 0.1) is 22.2 Å². The fourth-order valence-corrected chi connectivity index (χ4v) is 9.01. The summed E-state index contributed by atoms with van der Waals surface area (Å²) in [5, 5.41) is 8.44. The Morgan fingerprint density at radius 2 is 1.13 bits per heavy atom. The molecule has 3 heteroatoms. The molecule has 0 atom stereocenters. The van der Waals surface area contributed by atoms with E-state index in [4.69, 9.17) is 9.97 Å². The van der Waals surface area contributed by atoms with E-state index in [9.17, 15) is 0 Å². The molecule has 0 aliphatic heterocycles. The first-order valence-electron chi connectivity index (χ1n) is 18.0. The van der Waals surface area contributed by atoms with Crippen molar-refractivity contribution in [3.8, 4) is 39.5 Å². The fraction of sp³-hybridized carbons (Fsp3) is 0.0612. The zero-order valence-corrected chi connectivity index (χ0v) is 28.9. The minimum atomic E-state index is -0.179. The van der Waals surface area contributed by atoms with Crippen LogP contribution in [0.1, 0.15) is 25.0 Å². The summed E-state index contributed by atoms with van der Waals surface area (Å²) in [6, 6.07) is 59.1. The van der Waals surface area contributed by atoms with Crippen LogP contribution in [0.3, 0.4) is 0 Å². The Bertz CT molecular complexity index is 3100. The summed E-state index contributed by atoms with van der Waals surface area (Å²) in [5.41, 5.74) is 12.7. The van der Waals surface area contributed by atoms with Gasteiger partial charge in [-0.15, -0.1) is 0 Å². The van der Waals surface area contributed by atoms with Crippen LogP contribution in [-0.4, -0.2) is 14.5 Å². The second kappa shape index (κ2) is 10.7. The van der Waals surface area contributed by atoms with Gasteiger partial charge in [0, 0.05) is 32.7 Å². The predicted octanol–water partition coefficient (Wildman–Crippen LogP) is 12.7. The maximum absolute atomic E-state index is 5.54. The summed E-state index contributed by atoms with van der Waals surface area (Å²) in [5.74, 6) is 0.680. The van der Waals surface area contributed by atoms with Gasteiger partial charge in [-0.3, -0.25) is 4.57 Å². The van der Waals surface area contributed by atoms with Gasteiger partial charge < -0.3 is 0 Å².